The van der Waals surface area contributed by atoms with Crippen molar-refractivity contribution in [2.45, 2.75) is 26.3 Å². The van der Waals surface area contributed by atoms with Crippen molar-refractivity contribution in [3.63, 3.8) is 0 Å². The van der Waals surface area contributed by atoms with E-state index in [0.717, 1.165) is 0 Å². The largest absolute Gasteiger partial charge is 0.369 e. The van der Waals surface area contributed by atoms with E-state index in [1.54, 1.807) is 6.92 Å². The fraction of sp³-hybridized carbons (Fsp3) is 0.625. The second-order valence-electron chi connectivity index (χ2n) is 3.45. The van der Waals surface area contributed by atoms with Gasteiger partial charge in [0.2, 0.25) is 11.8 Å². The molecule has 4 N–H and O–H groups in total. The smallest absolute Gasteiger partial charge is 0.220 e. The number of nitrogens with zero attached hydrogens (tertiary/aromatic N) is 3. The van der Waals surface area contributed by atoms with Crippen LogP contribution in [0, 0.1) is 5.92 Å². The van der Waals surface area contributed by atoms with Gasteiger partial charge in [-0.25, -0.2) is 0 Å². The SMILES string of the molecule is C[C@@H](CCC(=O)NCc1nn[nH]n1)C(N)=O. The summed E-state index contributed by atoms with van der Waals surface area (Å²) in [6.45, 7) is 1.91. The van der Waals surface area contributed by atoms with Crippen LogP contribution in [0.2, 0.25) is 0 Å². The number of primary amides is 1. The lowest BCUT2D eigenvalue weighted by molar-refractivity contribution is -0.123. The summed E-state index contributed by atoms with van der Waals surface area (Å²) in [5, 5.41) is 15.6. The van der Waals surface area contributed by atoms with Crippen LogP contribution in [0.4, 0.5) is 0 Å². The number of nitrogens with two attached hydrogens (primary N) is 1. The third-order valence-electron chi connectivity index (χ3n) is 2.12. The highest BCUT2D eigenvalue weighted by molar-refractivity contribution is 5.79. The molecule has 16 heavy (non-hydrogen) atoms. The molecule has 0 aromatic carbocycles. The Hall–Kier alpha value is -1.99. The normalized spacial score (nSPS) is 12.1. The van der Waals surface area contributed by atoms with E-state index in [2.05, 4.69) is 25.9 Å². The van der Waals surface area contributed by atoms with Gasteiger partial charge in [0.25, 0.3) is 0 Å². The van der Waals surface area contributed by atoms with Crippen molar-refractivity contribution < 1.29 is 9.59 Å². The summed E-state index contributed by atoms with van der Waals surface area (Å²) in [4.78, 5) is 22.0. The highest BCUT2D eigenvalue weighted by Crippen LogP contribution is 2.03. The summed E-state index contributed by atoms with van der Waals surface area (Å²) in [7, 11) is 0. The molecule has 8 nitrogen and oxygen atoms in total. The maximum absolute atomic E-state index is 11.3. The van der Waals surface area contributed by atoms with Gasteiger partial charge in [-0.1, -0.05) is 12.1 Å². The molecule has 1 atom stereocenters. The number of hydrogen-bond donors (Lipinski definition) is 3. The summed E-state index contributed by atoms with van der Waals surface area (Å²) < 4.78 is 0. The summed E-state index contributed by atoms with van der Waals surface area (Å²) in [5.74, 6) is -0.448. The van der Waals surface area contributed by atoms with E-state index in [1.807, 2.05) is 0 Å². The van der Waals surface area contributed by atoms with Crippen molar-refractivity contribution in [2.75, 3.05) is 0 Å². The number of carbonyl (C=O) groups excluding carboxylic acids is 2. The molecule has 0 unspecified atom stereocenters. The molecular formula is C8H14N6O2. The maximum atomic E-state index is 11.3. The first-order valence-electron chi connectivity index (χ1n) is 4.88. The molecule has 0 saturated carbocycles. The van der Waals surface area contributed by atoms with Crippen LogP contribution in [0.15, 0.2) is 0 Å². The van der Waals surface area contributed by atoms with Crippen LogP contribution in [-0.4, -0.2) is 32.4 Å². The molecule has 8 heteroatoms. The quantitative estimate of drug-likeness (QED) is 0.556. The lowest BCUT2D eigenvalue weighted by Crippen LogP contribution is -2.26. The highest BCUT2D eigenvalue weighted by Gasteiger charge is 2.11. The lowest BCUT2D eigenvalue weighted by atomic mass is 10.1. The maximum Gasteiger partial charge on any atom is 0.220 e. The summed E-state index contributed by atoms with van der Waals surface area (Å²) in [5.41, 5.74) is 5.07. The van der Waals surface area contributed by atoms with Crippen molar-refractivity contribution in [3.05, 3.63) is 5.82 Å². The average molecular weight is 226 g/mol. The molecule has 1 rings (SSSR count). The zero-order valence-corrected chi connectivity index (χ0v) is 8.93. The molecule has 0 saturated heterocycles. The van der Waals surface area contributed by atoms with Gasteiger partial charge in [-0.05, 0) is 6.42 Å². The summed E-state index contributed by atoms with van der Waals surface area (Å²) in [6, 6.07) is 0. The topological polar surface area (TPSA) is 127 Å². The molecule has 0 radical (unpaired) electrons. The highest BCUT2D eigenvalue weighted by atomic mass is 16.2. The molecule has 0 spiro atoms. The molecule has 0 fully saturated rings. The van der Waals surface area contributed by atoms with Gasteiger partial charge >= 0.3 is 0 Å². The molecule has 1 aromatic heterocycles. The molecular weight excluding hydrogens is 212 g/mol. The molecule has 2 amide bonds. The number of aromatic nitrogens is 4. The summed E-state index contributed by atoms with van der Waals surface area (Å²) >= 11 is 0. The number of hydrogen-bond acceptors (Lipinski definition) is 5. The van der Waals surface area contributed by atoms with Gasteiger partial charge < -0.3 is 11.1 Å². The summed E-state index contributed by atoms with van der Waals surface area (Å²) in [6.07, 6.45) is 0.690. The standard InChI is InChI=1S/C8H14N6O2/c1-5(8(9)16)2-3-7(15)10-4-6-11-13-14-12-6/h5H,2-4H2,1H3,(H2,9,16)(H,10,15)(H,11,12,13,14)/t5-/m0/s1. The van der Waals surface area contributed by atoms with Crippen LogP contribution in [0.1, 0.15) is 25.6 Å². The second-order valence-corrected chi connectivity index (χ2v) is 3.45. The van der Waals surface area contributed by atoms with Gasteiger partial charge in [-0.3, -0.25) is 9.59 Å². The van der Waals surface area contributed by atoms with Gasteiger partial charge in [-0.15, -0.1) is 10.2 Å². The molecule has 0 bridgehead atoms. The van der Waals surface area contributed by atoms with Crippen LogP contribution in [-0.2, 0) is 16.1 Å². The average Bonchev–Trinajstić information content (AvgIpc) is 2.75. The van der Waals surface area contributed by atoms with E-state index in [9.17, 15) is 9.59 Å². The molecule has 0 aliphatic carbocycles. The number of H-pyrrole nitrogens is 1. The van der Waals surface area contributed by atoms with Gasteiger partial charge in [-0.2, -0.15) is 5.21 Å². The van der Waals surface area contributed by atoms with Crippen molar-refractivity contribution >= 4 is 11.8 Å². The number of amides is 2. The Kier molecular flexibility index (Phi) is 4.37. The molecule has 0 aliphatic rings. The van der Waals surface area contributed by atoms with Crippen LogP contribution in [0.3, 0.4) is 0 Å². The second kappa shape index (κ2) is 5.79. The zero-order valence-electron chi connectivity index (χ0n) is 8.93. The fourth-order valence-electron chi connectivity index (χ4n) is 1.01. The molecule has 0 aliphatic heterocycles. The van der Waals surface area contributed by atoms with Crippen LogP contribution in [0.5, 0.6) is 0 Å². The Morgan fingerprint density at radius 2 is 2.31 bits per heavy atom. The third-order valence-corrected chi connectivity index (χ3v) is 2.12. The minimum atomic E-state index is -0.397. The molecule has 88 valence electrons. The van der Waals surface area contributed by atoms with Crippen LogP contribution in [0.25, 0.3) is 0 Å². The zero-order chi connectivity index (χ0) is 12.0. The van der Waals surface area contributed by atoms with Gasteiger partial charge in [0.1, 0.15) is 0 Å². The predicted octanol–water partition coefficient (Wildman–Crippen LogP) is -1.28. The third kappa shape index (κ3) is 4.03. The Labute approximate surface area is 92.0 Å². The fourth-order valence-corrected chi connectivity index (χ4v) is 1.01. The van der Waals surface area contributed by atoms with Crippen molar-refractivity contribution in [2.24, 2.45) is 11.7 Å². The van der Waals surface area contributed by atoms with Crippen molar-refractivity contribution in [3.8, 4) is 0 Å². The van der Waals surface area contributed by atoms with Crippen LogP contribution < -0.4 is 11.1 Å². The van der Waals surface area contributed by atoms with E-state index in [0.29, 0.717) is 12.2 Å². The van der Waals surface area contributed by atoms with E-state index in [-0.39, 0.29) is 24.8 Å². The van der Waals surface area contributed by atoms with E-state index in [4.69, 9.17) is 5.73 Å². The van der Waals surface area contributed by atoms with Gasteiger partial charge in [0, 0.05) is 12.3 Å². The Balaban J connectivity index is 2.19. The number of tetrazole rings is 1. The van der Waals surface area contributed by atoms with E-state index < -0.39 is 5.91 Å². The first-order chi connectivity index (χ1) is 7.59. The first kappa shape index (κ1) is 12.1. The Bertz CT molecular complexity index is 349. The Morgan fingerprint density at radius 3 is 2.88 bits per heavy atom. The van der Waals surface area contributed by atoms with Gasteiger partial charge in [0.05, 0.1) is 6.54 Å². The number of aromatic amines is 1. The van der Waals surface area contributed by atoms with Crippen LogP contribution >= 0.6 is 0 Å². The predicted molar refractivity (Wildman–Crippen MR) is 53.6 cm³/mol. The lowest BCUT2D eigenvalue weighted by Gasteiger charge is -2.06. The minimum absolute atomic E-state index is 0.169. The van der Waals surface area contributed by atoms with E-state index >= 15 is 0 Å². The molecule has 1 heterocycles. The Morgan fingerprint density at radius 1 is 1.56 bits per heavy atom. The van der Waals surface area contributed by atoms with Crippen molar-refractivity contribution in [1.29, 1.82) is 0 Å². The van der Waals surface area contributed by atoms with E-state index in [1.165, 1.54) is 0 Å². The number of rotatable bonds is 6. The van der Waals surface area contributed by atoms with Crippen molar-refractivity contribution in [1.82, 2.24) is 25.9 Å². The first-order valence-corrected chi connectivity index (χ1v) is 4.88. The molecule has 1 aromatic rings. The number of nitrogens with one attached hydrogen (secondary N) is 2. The minimum Gasteiger partial charge on any atom is -0.369 e. The monoisotopic (exact) mass is 226 g/mol. The number of carbonyl (C=O) groups is 2. The van der Waals surface area contributed by atoms with Gasteiger partial charge in [0.15, 0.2) is 5.82 Å².